The van der Waals surface area contributed by atoms with E-state index in [9.17, 15) is 0 Å². The van der Waals surface area contributed by atoms with Crippen molar-refractivity contribution in [3.05, 3.63) is 0 Å². The maximum Gasteiger partial charge on any atom is -0.0269 e. The highest BCUT2D eigenvalue weighted by atomic mass is 14.6. The van der Waals surface area contributed by atoms with Gasteiger partial charge in [0.05, 0.1) is 0 Å². The van der Waals surface area contributed by atoms with Gasteiger partial charge in [0.15, 0.2) is 0 Å². The van der Waals surface area contributed by atoms with Crippen molar-refractivity contribution in [3.8, 4) is 0 Å². The molecule has 2 fully saturated rings. The Morgan fingerprint density at radius 2 is 2.12 bits per heavy atom. The van der Waals surface area contributed by atoms with Gasteiger partial charge in [0.2, 0.25) is 0 Å². The van der Waals surface area contributed by atoms with Crippen LogP contribution in [-0.4, -0.2) is 0 Å². The Kier molecular flexibility index (Phi) is 0.678. The monoisotopic (exact) mass is 110 g/mol. The Bertz CT molecular complexity index is 115. The number of hydrogen-bond donors (Lipinski definition) is 0. The summed E-state index contributed by atoms with van der Waals surface area (Å²) in [6.45, 7) is 4.86. The molecule has 0 heteroatoms. The average Bonchev–Trinajstić information content (AvgIpc) is 2.31. The van der Waals surface area contributed by atoms with Crippen LogP contribution in [0, 0.1) is 17.3 Å². The van der Waals surface area contributed by atoms with Crippen molar-refractivity contribution in [3.63, 3.8) is 0 Å². The second-order valence-electron chi connectivity index (χ2n) is 3.89. The first-order chi connectivity index (χ1) is 3.73. The predicted molar refractivity (Wildman–Crippen MR) is 34.6 cm³/mol. The highest BCUT2D eigenvalue weighted by Gasteiger charge is 2.56. The fraction of sp³-hybridized carbons (Fsp3) is 1.00. The second kappa shape index (κ2) is 1.12. The van der Waals surface area contributed by atoms with Crippen molar-refractivity contribution >= 4 is 0 Å². The van der Waals surface area contributed by atoms with Gasteiger partial charge in [0.25, 0.3) is 0 Å². The summed E-state index contributed by atoms with van der Waals surface area (Å²) in [6, 6.07) is 0. The van der Waals surface area contributed by atoms with Gasteiger partial charge < -0.3 is 0 Å². The minimum atomic E-state index is 0.819. The highest BCUT2D eigenvalue weighted by molar-refractivity contribution is 5.06. The van der Waals surface area contributed by atoms with E-state index >= 15 is 0 Å². The Labute approximate surface area is 51.3 Å². The Morgan fingerprint density at radius 3 is 2.25 bits per heavy atom. The van der Waals surface area contributed by atoms with Crippen LogP contribution in [0.15, 0.2) is 0 Å². The number of hydrogen-bond acceptors (Lipinski definition) is 0. The van der Waals surface area contributed by atoms with Gasteiger partial charge in [-0.1, -0.05) is 13.8 Å². The molecular formula is C8H14. The van der Waals surface area contributed by atoms with Crippen LogP contribution in [0.5, 0.6) is 0 Å². The minimum Gasteiger partial charge on any atom is -0.0620 e. The van der Waals surface area contributed by atoms with Crippen LogP contribution in [-0.2, 0) is 0 Å². The molecule has 0 heterocycles. The summed E-state index contributed by atoms with van der Waals surface area (Å²) in [6.07, 6.45) is 4.56. The number of rotatable bonds is 0. The fourth-order valence-electron chi connectivity index (χ4n) is 2.29. The summed E-state index contributed by atoms with van der Waals surface area (Å²) in [4.78, 5) is 0. The maximum atomic E-state index is 2.45. The minimum absolute atomic E-state index is 0.819. The largest absolute Gasteiger partial charge is 0.0620 e. The molecule has 0 nitrogen and oxygen atoms in total. The summed E-state index contributed by atoms with van der Waals surface area (Å²) >= 11 is 0. The van der Waals surface area contributed by atoms with Gasteiger partial charge in [-0.25, -0.2) is 0 Å². The lowest BCUT2D eigenvalue weighted by Gasteiger charge is -2.10. The van der Waals surface area contributed by atoms with Crippen molar-refractivity contribution in [2.75, 3.05) is 0 Å². The third-order valence-corrected chi connectivity index (χ3v) is 3.53. The molecule has 0 saturated heterocycles. The van der Waals surface area contributed by atoms with Gasteiger partial charge in [0.1, 0.15) is 0 Å². The molecule has 46 valence electrons. The smallest absolute Gasteiger partial charge is 0.0269 e. The van der Waals surface area contributed by atoms with Crippen LogP contribution in [0.2, 0.25) is 0 Å². The summed E-state index contributed by atoms with van der Waals surface area (Å²) in [5, 5.41) is 0. The third-order valence-electron chi connectivity index (χ3n) is 3.53. The van der Waals surface area contributed by atoms with E-state index in [2.05, 4.69) is 13.8 Å². The zero-order valence-electron chi connectivity index (χ0n) is 5.78. The molecule has 8 heavy (non-hydrogen) atoms. The lowest BCUT2D eigenvalue weighted by molar-refractivity contribution is 0.390. The van der Waals surface area contributed by atoms with Crippen LogP contribution >= 0.6 is 0 Å². The molecular weight excluding hydrogens is 96.1 g/mol. The molecule has 2 saturated carbocycles. The van der Waals surface area contributed by atoms with E-state index in [1.165, 1.54) is 19.3 Å². The molecule has 0 N–H and O–H groups in total. The molecule has 2 aliphatic carbocycles. The molecule has 0 aromatic carbocycles. The van der Waals surface area contributed by atoms with Gasteiger partial charge in [-0.2, -0.15) is 0 Å². The molecule has 0 amide bonds. The summed E-state index contributed by atoms with van der Waals surface area (Å²) in [7, 11) is 0. The fourth-order valence-corrected chi connectivity index (χ4v) is 2.29. The first-order valence-electron chi connectivity index (χ1n) is 3.73. The Morgan fingerprint density at radius 1 is 1.38 bits per heavy atom. The molecule has 0 spiro atoms. The lowest BCUT2D eigenvalue weighted by atomic mass is 9.95. The lowest BCUT2D eigenvalue weighted by Crippen LogP contribution is -2.02. The first-order valence-corrected chi connectivity index (χ1v) is 3.73. The SMILES string of the molecule is C[C@H]1CCC2CC21C. The van der Waals surface area contributed by atoms with Crippen LogP contribution in [0.3, 0.4) is 0 Å². The highest BCUT2D eigenvalue weighted by Crippen LogP contribution is 2.65. The van der Waals surface area contributed by atoms with E-state index in [1.807, 2.05) is 0 Å². The topological polar surface area (TPSA) is 0 Å². The molecule has 2 rings (SSSR count). The molecule has 0 radical (unpaired) electrons. The Hall–Kier alpha value is 0. The van der Waals surface area contributed by atoms with E-state index in [0.717, 1.165) is 17.3 Å². The molecule has 3 atom stereocenters. The van der Waals surface area contributed by atoms with E-state index in [-0.39, 0.29) is 0 Å². The predicted octanol–water partition coefficient (Wildman–Crippen LogP) is 2.44. The van der Waals surface area contributed by atoms with E-state index in [1.54, 1.807) is 0 Å². The zero-order valence-corrected chi connectivity index (χ0v) is 5.78. The standard InChI is InChI=1S/C8H14/c1-6-3-4-7-5-8(6,7)2/h6-7H,3-5H2,1-2H3/t6-,7?,8?/m0/s1. The summed E-state index contributed by atoms with van der Waals surface area (Å²) in [5.74, 6) is 2.17. The molecule has 0 aromatic rings. The summed E-state index contributed by atoms with van der Waals surface area (Å²) in [5.41, 5.74) is 0.819. The van der Waals surface area contributed by atoms with Gasteiger partial charge >= 0.3 is 0 Å². The summed E-state index contributed by atoms with van der Waals surface area (Å²) < 4.78 is 0. The molecule has 2 unspecified atom stereocenters. The van der Waals surface area contributed by atoms with Crippen molar-refractivity contribution in [2.45, 2.75) is 33.1 Å². The average molecular weight is 110 g/mol. The van der Waals surface area contributed by atoms with Crippen LogP contribution in [0.25, 0.3) is 0 Å². The van der Waals surface area contributed by atoms with Gasteiger partial charge in [0, 0.05) is 0 Å². The van der Waals surface area contributed by atoms with Crippen molar-refractivity contribution < 1.29 is 0 Å². The van der Waals surface area contributed by atoms with E-state index < -0.39 is 0 Å². The zero-order chi connectivity index (χ0) is 5.78. The van der Waals surface area contributed by atoms with Crippen LogP contribution in [0.1, 0.15) is 33.1 Å². The van der Waals surface area contributed by atoms with Gasteiger partial charge in [-0.05, 0) is 36.5 Å². The molecule has 0 bridgehead atoms. The van der Waals surface area contributed by atoms with Crippen LogP contribution < -0.4 is 0 Å². The third kappa shape index (κ3) is 0.375. The first kappa shape index (κ1) is 4.84. The van der Waals surface area contributed by atoms with E-state index in [0.29, 0.717) is 0 Å². The van der Waals surface area contributed by atoms with Crippen LogP contribution in [0.4, 0.5) is 0 Å². The van der Waals surface area contributed by atoms with E-state index in [4.69, 9.17) is 0 Å². The molecule has 2 aliphatic rings. The van der Waals surface area contributed by atoms with Crippen molar-refractivity contribution in [2.24, 2.45) is 17.3 Å². The Balaban J connectivity index is 2.19. The quantitative estimate of drug-likeness (QED) is 0.449. The normalized spacial score (nSPS) is 60.8. The van der Waals surface area contributed by atoms with Gasteiger partial charge in [-0.3, -0.25) is 0 Å². The molecule has 0 aliphatic heterocycles. The second-order valence-corrected chi connectivity index (χ2v) is 3.89. The van der Waals surface area contributed by atoms with Crippen molar-refractivity contribution in [1.82, 2.24) is 0 Å². The number of fused-ring (bicyclic) bond motifs is 1. The van der Waals surface area contributed by atoms with Crippen molar-refractivity contribution in [1.29, 1.82) is 0 Å². The van der Waals surface area contributed by atoms with Gasteiger partial charge in [-0.15, -0.1) is 0 Å². The maximum absolute atomic E-state index is 2.45. The molecule has 0 aromatic heterocycles.